The van der Waals surface area contributed by atoms with Gasteiger partial charge in [0.05, 0.1) is 12.1 Å². The third kappa shape index (κ3) is 4.14. The molecule has 33 heavy (non-hydrogen) atoms. The summed E-state index contributed by atoms with van der Waals surface area (Å²) in [5, 5.41) is 0. The Morgan fingerprint density at radius 2 is 1.33 bits per heavy atom. The molecule has 3 aromatic rings. The first-order chi connectivity index (χ1) is 16.1. The predicted octanol–water partition coefficient (Wildman–Crippen LogP) is 4.10. The Balaban J connectivity index is 1.43. The van der Waals surface area contributed by atoms with Gasteiger partial charge in [0.25, 0.3) is 11.8 Å². The lowest BCUT2D eigenvalue weighted by molar-refractivity contribution is -0.138. The Morgan fingerprint density at radius 3 is 2.00 bits per heavy atom. The second-order valence-electron chi connectivity index (χ2n) is 8.58. The normalized spacial score (nSPS) is 16.7. The second kappa shape index (κ2) is 8.94. The van der Waals surface area contributed by atoms with Crippen molar-refractivity contribution in [2.45, 2.75) is 13.5 Å². The molecule has 0 bridgehead atoms. The maximum absolute atomic E-state index is 13.6. The van der Waals surface area contributed by atoms with E-state index in [9.17, 15) is 9.59 Å². The van der Waals surface area contributed by atoms with Crippen molar-refractivity contribution in [3.63, 3.8) is 0 Å². The van der Waals surface area contributed by atoms with Gasteiger partial charge in [-0.25, -0.2) is 0 Å². The minimum atomic E-state index is -0.217. The highest BCUT2D eigenvalue weighted by atomic mass is 16.2. The maximum Gasteiger partial charge on any atom is 0.278 e. The SMILES string of the molecule is Cc1cccc(N2CCN(C3=C(c4ccccc4)C(=O)N(Cc4ccccc4)C3=O)CC2)c1. The second-order valence-corrected chi connectivity index (χ2v) is 8.58. The first-order valence-corrected chi connectivity index (χ1v) is 11.4. The molecule has 1 fully saturated rings. The van der Waals surface area contributed by atoms with Gasteiger partial charge in [-0.3, -0.25) is 14.5 Å². The van der Waals surface area contributed by atoms with Crippen LogP contribution >= 0.6 is 0 Å². The van der Waals surface area contributed by atoms with Gasteiger partial charge < -0.3 is 9.80 Å². The molecule has 3 aromatic carbocycles. The summed E-state index contributed by atoms with van der Waals surface area (Å²) in [7, 11) is 0. The molecule has 2 aliphatic rings. The summed E-state index contributed by atoms with van der Waals surface area (Å²) in [5.74, 6) is -0.419. The van der Waals surface area contributed by atoms with E-state index in [1.807, 2.05) is 60.7 Å². The van der Waals surface area contributed by atoms with E-state index >= 15 is 0 Å². The molecule has 0 aromatic heterocycles. The van der Waals surface area contributed by atoms with Crippen LogP contribution in [-0.2, 0) is 16.1 Å². The molecule has 0 saturated carbocycles. The van der Waals surface area contributed by atoms with E-state index in [0.29, 0.717) is 24.4 Å². The lowest BCUT2D eigenvalue weighted by Gasteiger charge is -2.37. The summed E-state index contributed by atoms with van der Waals surface area (Å²) in [6.07, 6.45) is 0. The van der Waals surface area contributed by atoms with Gasteiger partial charge in [-0.2, -0.15) is 0 Å². The highest BCUT2D eigenvalue weighted by Gasteiger charge is 2.42. The fourth-order valence-corrected chi connectivity index (χ4v) is 4.64. The smallest absolute Gasteiger partial charge is 0.278 e. The molecule has 2 aliphatic heterocycles. The molecule has 0 aliphatic carbocycles. The number of imide groups is 1. The third-order valence-electron chi connectivity index (χ3n) is 6.35. The lowest BCUT2D eigenvalue weighted by Crippen LogP contribution is -2.47. The van der Waals surface area contributed by atoms with Crippen molar-refractivity contribution in [1.29, 1.82) is 0 Å². The van der Waals surface area contributed by atoms with E-state index in [1.54, 1.807) is 0 Å². The predicted molar refractivity (Wildman–Crippen MR) is 130 cm³/mol. The Morgan fingerprint density at radius 1 is 0.697 bits per heavy atom. The van der Waals surface area contributed by atoms with Crippen molar-refractivity contribution in [3.8, 4) is 0 Å². The Labute approximate surface area is 194 Å². The van der Waals surface area contributed by atoms with Crippen LogP contribution in [0.15, 0.2) is 90.6 Å². The number of carbonyl (C=O) groups excluding carboxylic acids is 2. The van der Waals surface area contributed by atoms with Crippen molar-refractivity contribution >= 4 is 23.1 Å². The van der Waals surface area contributed by atoms with Crippen molar-refractivity contribution < 1.29 is 9.59 Å². The largest absolute Gasteiger partial charge is 0.368 e. The zero-order valence-corrected chi connectivity index (χ0v) is 18.8. The average Bonchev–Trinajstić information content (AvgIpc) is 3.10. The minimum absolute atomic E-state index is 0.202. The van der Waals surface area contributed by atoms with Gasteiger partial charge in [0.1, 0.15) is 5.70 Å². The number of hydrogen-bond donors (Lipinski definition) is 0. The van der Waals surface area contributed by atoms with Crippen LogP contribution in [-0.4, -0.2) is 47.8 Å². The number of amides is 2. The number of anilines is 1. The highest BCUT2D eigenvalue weighted by Crippen LogP contribution is 2.33. The van der Waals surface area contributed by atoms with Crippen LogP contribution < -0.4 is 4.90 Å². The van der Waals surface area contributed by atoms with E-state index < -0.39 is 0 Å². The van der Waals surface area contributed by atoms with Crippen molar-refractivity contribution in [1.82, 2.24) is 9.80 Å². The van der Waals surface area contributed by atoms with Crippen molar-refractivity contribution in [2.75, 3.05) is 31.1 Å². The molecule has 2 amide bonds. The van der Waals surface area contributed by atoms with Crippen LogP contribution in [0, 0.1) is 6.92 Å². The fraction of sp³-hybridized carbons (Fsp3) is 0.214. The summed E-state index contributed by atoms with van der Waals surface area (Å²) in [5.41, 5.74) is 5.22. The molecule has 2 heterocycles. The monoisotopic (exact) mass is 437 g/mol. The molecule has 5 heteroatoms. The van der Waals surface area contributed by atoms with Gasteiger partial charge in [0.2, 0.25) is 0 Å². The molecule has 5 nitrogen and oxygen atoms in total. The number of aryl methyl sites for hydroxylation is 1. The average molecular weight is 438 g/mol. The summed E-state index contributed by atoms with van der Waals surface area (Å²) in [4.78, 5) is 32.9. The Kier molecular flexibility index (Phi) is 5.69. The quantitative estimate of drug-likeness (QED) is 0.564. The third-order valence-corrected chi connectivity index (χ3v) is 6.35. The highest BCUT2D eigenvalue weighted by molar-refractivity contribution is 6.35. The number of nitrogens with zero attached hydrogens (tertiary/aromatic N) is 3. The molecule has 0 unspecified atom stereocenters. The molecule has 0 spiro atoms. The minimum Gasteiger partial charge on any atom is -0.368 e. The molecule has 166 valence electrons. The zero-order chi connectivity index (χ0) is 22.8. The van der Waals surface area contributed by atoms with Gasteiger partial charge >= 0.3 is 0 Å². The zero-order valence-electron chi connectivity index (χ0n) is 18.8. The first-order valence-electron chi connectivity index (χ1n) is 11.4. The van der Waals surface area contributed by atoms with Crippen LogP contribution in [0.2, 0.25) is 0 Å². The maximum atomic E-state index is 13.6. The van der Waals surface area contributed by atoms with Crippen LogP contribution in [0.25, 0.3) is 5.57 Å². The molecule has 0 radical (unpaired) electrons. The summed E-state index contributed by atoms with van der Waals surface area (Å²) < 4.78 is 0. The van der Waals surface area contributed by atoms with Crippen LogP contribution in [0.5, 0.6) is 0 Å². The van der Waals surface area contributed by atoms with Gasteiger partial charge in [0.15, 0.2) is 0 Å². The van der Waals surface area contributed by atoms with Crippen LogP contribution in [0.1, 0.15) is 16.7 Å². The van der Waals surface area contributed by atoms with Gasteiger partial charge in [-0.15, -0.1) is 0 Å². The van der Waals surface area contributed by atoms with E-state index in [4.69, 9.17) is 0 Å². The molecule has 0 atom stereocenters. The van der Waals surface area contributed by atoms with E-state index in [2.05, 4.69) is 41.0 Å². The topological polar surface area (TPSA) is 43.9 Å². The molecule has 5 rings (SSSR count). The first kappa shape index (κ1) is 21.0. The number of carbonyl (C=O) groups is 2. The fourth-order valence-electron chi connectivity index (χ4n) is 4.64. The standard InChI is InChI=1S/C28H27N3O2/c1-21-9-8-14-24(19-21)29-15-17-30(18-16-29)26-25(23-12-6-3-7-13-23)27(32)31(28(26)33)20-22-10-4-2-5-11-22/h2-14,19H,15-18,20H2,1H3. The Bertz CT molecular complexity index is 1200. The van der Waals surface area contributed by atoms with E-state index in [1.165, 1.54) is 16.2 Å². The summed E-state index contributed by atoms with van der Waals surface area (Å²) in [6.45, 7) is 5.36. The molecule has 1 saturated heterocycles. The van der Waals surface area contributed by atoms with Crippen LogP contribution in [0.3, 0.4) is 0 Å². The van der Waals surface area contributed by atoms with E-state index in [-0.39, 0.29) is 18.4 Å². The number of piperazine rings is 1. The number of rotatable bonds is 5. The van der Waals surface area contributed by atoms with E-state index in [0.717, 1.165) is 24.2 Å². The lowest BCUT2D eigenvalue weighted by atomic mass is 10.0. The van der Waals surface area contributed by atoms with Crippen molar-refractivity contribution in [3.05, 3.63) is 107 Å². The van der Waals surface area contributed by atoms with Crippen molar-refractivity contribution in [2.24, 2.45) is 0 Å². The summed E-state index contributed by atoms with van der Waals surface area (Å²) >= 11 is 0. The number of hydrogen-bond acceptors (Lipinski definition) is 4. The summed E-state index contributed by atoms with van der Waals surface area (Å²) in [6, 6.07) is 27.7. The number of benzene rings is 3. The molecular weight excluding hydrogens is 410 g/mol. The van der Waals surface area contributed by atoms with Gasteiger partial charge in [-0.05, 0) is 35.7 Å². The van der Waals surface area contributed by atoms with Crippen LogP contribution in [0.4, 0.5) is 5.69 Å². The van der Waals surface area contributed by atoms with Gasteiger partial charge in [-0.1, -0.05) is 72.8 Å². The van der Waals surface area contributed by atoms with Gasteiger partial charge in [0, 0.05) is 31.9 Å². The Hall–Kier alpha value is -3.86. The molecular formula is C28H27N3O2. The molecule has 0 N–H and O–H groups in total.